The van der Waals surface area contributed by atoms with E-state index in [0.29, 0.717) is 75.6 Å². The van der Waals surface area contributed by atoms with E-state index < -0.39 is 35.3 Å². The summed E-state index contributed by atoms with van der Waals surface area (Å²) in [5.41, 5.74) is 43.2. The van der Waals surface area contributed by atoms with Gasteiger partial charge >= 0.3 is 89.7 Å². The van der Waals surface area contributed by atoms with E-state index in [0.717, 1.165) is 74.5 Å². The number of amides is 2. The van der Waals surface area contributed by atoms with Crippen molar-refractivity contribution in [2.75, 3.05) is 59.8 Å². The average Bonchev–Trinajstić information content (AvgIpc) is 1.77. The molecule has 678 valence electrons. The van der Waals surface area contributed by atoms with Gasteiger partial charge in [0.05, 0.1) is 73.9 Å². The number of benzene rings is 10. The molecule has 3 heterocycles. The van der Waals surface area contributed by atoms with Crippen molar-refractivity contribution in [1.82, 2.24) is 65.9 Å². The summed E-state index contributed by atoms with van der Waals surface area (Å²) in [6, 6.07) is 64.9. The number of carboxylic acids is 1. The fourth-order valence-electron chi connectivity index (χ4n) is 11.6. The minimum absolute atomic E-state index is 0. The number of aromatic carboxylic acids is 1. The maximum Gasteiger partial charge on any atom is 1.00 e. The number of anilines is 2. The summed E-state index contributed by atoms with van der Waals surface area (Å²) in [6.45, 7) is 20.3. The van der Waals surface area contributed by atoms with Crippen LogP contribution in [0.3, 0.4) is 0 Å². The molecule has 0 saturated carbocycles. The number of nitrogens with two attached hydrogens (primary N) is 2. The molecule has 0 fully saturated rings. The number of alkyl halides is 3. The third kappa shape index (κ3) is 37.4. The standard InChI is InChI=1S/C20H23N5O2.C17H14F3NO3.C17H16N4O2.C16H14N4O2.C15H15NO2.C4H11NO.Cl4Si.Li.N3.Na.H2O/c1-13-5-7-16(8-6-13)17-9-18(20(26)21-14(2)12-27-4)11-19(10-17)25-15(3)22-23-24-25;1-10-3-5-11(6-4-10)12-7-13(15(22)24-2)9-14(8-12)21-16(23)17(18,19)20;1-11-4-6-13(7-5-11)14-8-15(17(22)23-3)10-16(9-14)21-12(2)18-19-20-21;1-10-3-5-12(6-4-10)13-7-14(16(21)22)9-15(8-13)20-11(2)17-18-19-20;1-10-3-5-11(6-4-10)12-7-13(15(17)18-2)9-14(16)8-12;1-4(5)3-6-2;1-5(2,3)4;;1-3-2;;/h5-11,14H,12H2,1-4H3,(H,21,26);3-9H,1-2H3,(H,21,23);4-10H,1-3H3;3-9H,1-2H3,(H,21,22);3-9H,16H2,1-2H3;4H,3,5H2,1-2H3;;;;;1H2/q;;;;;;;+1;-1;+1;/p-1. The number of tetrazole rings is 3. The number of hydrogen-bond acceptors (Lipinski definition) is 23. The number of carboxylic acid groups (broad SMARTS) is 1. The van der Waals surface area contributed by atoms with Gasteiger partial charge in [0.25, 0.3) is 5.91 Å². The smallest absolute Gasteiger partial charge is 0.870 e. The molecule has 0 aliphatic carbocycles. The second-order valence-corrected chi connectivity index (χ2v) is 39.3. The molecule has 131 heavy (non-hydrogen) atoms. The Morgan fingerprint density at radius 2 is 0.725 bits per heavy atom. The van der Waals surface area contributed by atoms with E-state index >= 15 is 0 Å². The van der Waals surface area contributed by atoms with Gasteiger partial charge in [0.15, 0.2) is 17.5 Å². The van der Waals surface area contributed by atoms with Crippen molar-refractivity contribution in [3.63, 3.8) is 0 Å². The summed E-state index contributed by atoms with van der Waals surface area (Å²) in [4.78, 5) is 72.0. The van der Waals surface area contributed by atoms with E-state index in [9.17, 15) is 47.0 Å². The van der Waals surface area contributed by atoms with E-state index in [1.54, 1.807) is 97.3 Å². The molecule has 32 nitrogen and oxygen atoms in total. The van der Waals surface area contributed by atoms with Gasteiger partial charge in [-0.25, -0.2) is 19.2 Å². The molecular weight excluding hydrogens is 1800 g/mol. The molecule has 2 atom stereocenters. The molecule has 0 aliphatic rings. The fourth-order valence-corrected chi connectivity index (χ4v) is 11.6. The van der Waals surface area contributed by atoms with Gasteiger partial charge in [-0.05, 0) is 247 Å². The Bertz CT molecular complexity index is 5940. The van der Waals surface area contributed by atoms with Crippen LogP contribution in [0.25, 0.3) is 88.7 Å². The first-order chi connectivity index (χ1) is 60.6. The molecular formula is C89H94Cl4F3LiN19NaO13Si. The number of esters is 3. The van der Waals surface area contributed by atoms with Crippen molar-refractivity contribution in [3.05, 3.63) is 301 Å². The molecule has 0 radical (unpaired) electrons. The summed E-state index contributed by atoms with van der Waals surface area (Å²) in [5, 5.41) is 45.8. The molecule has 0 spiro atoms. The number of hydrogen-bond donors (Lipinski definition) is 5. The topological polar surface area (TPSA) is 464 Å². The third-order valence-electron chi connectivity index (χ3n) is 17.7. The predicted octanol–water partition coefficient (Wildman–Crippen LogP) is 12.1. The summed E-state index contributed by atoms with van der Waals surface area (Å²) >= 11 is 19.9. The number of aryl methyl sites for hydroxylation is 8. The first kappa shape index (κ1) is 113. The quantitative estimate of drug-likeness (QED) is 0.00733. The number of nitrogens with one attached hydrogen (secondary N) is 2. The number of halogens is 7. The van der Waals surface area contributed by atoms with Crippen molar-refractivity contribution in [3.8, 4) is 72.7 Å². The third-order valence-corrected chi connectivity index (χ3v) is 17.7. The average molecular weight is 1890 g/mol. The van der Waals surface area contributed by atoms with Gasteiger partial charge in [0.1, 0.15) is 0 Å². The largest absolute Gasteiger partial charge is 1.00 e. The van der Waals surface area contributed by atoms with Crippen LogP contribution in [0, 0.1) is 55.4 Å². The Balaban J connectivity index is 0.000000406. The van der Waals surface area contributed by atoms with Crippen molar-refractivity contribution in [1.29, 1.82) is 0 Å². The Morgan fingerprint density at radius 1 is 0.450 bits per heavy atom. The fraction of sp³-hybridized carbons (Fsp3) is 0.225. The zero-order chi connectivity index (χ0) is 94.7. The number of methoxy groups -OCH3 is 5. The zero-order valence-corrected chi connectivity index (χ0v) is 80.7. The summed E-state index contributed by atoms with van der Waals surface area (Å²) < 4.78 is 65.9. The molecule has 3 aromatic heterocycles. The Morgan fingerprint density at radius 3 is 1.00 bits per heavy atom. The van der Waals surface area contributed by atoms with Crippen LogP contribution in [0.15, 0.2) is 212 Å². The minimum atomic E-state index is -5.02. The first-order valence-corrected chi connectivity index (χ1v) is 44.4. The molecule has 10 aromatic carbocycles. The van der Waals surface area contributed by atoms with Gasteiger partial charge in [-0.2, -0.15) is 27.2 Å². The van der Waals surface area contributed by atoms with Gasteiger partial charge in [-0.1, -0.05) is 149 Å². The molecule has 0 bridgehead atoms. The first-order valence-electron chi connectivity index (χ1n) is 38.4. The van der Waals surface area contributed by atoms with Crippen LogP contribution in [0.2, 0.25) is 0 Å². The monoisotopic (exact) mass is 1890 g/mol. The number of carbonyl (C=O) groups is 6. The van der Waals surface area contributed by atoms with Gasteiger partial charge < -0.3 is 67.4 Å². The van der Waals surface area contributed by atoms with Gasteiger partial charge in [-0.15, -0.1) is 59.6 Å². The number of carbonyl (C=O) groups excluding carboxylic acids is 5. The maximum absolute atomic E-state index is 12.7. The predicted molar refractivity (Wildman–Crippen MR) is 491 cm³/mol. The van der Waals surface area contributed by atoms with Gasteiger partial charge in [-0.3, -0.25) is 14.5 Å². The van der Waals surface area contributed by atoms with Crippen LogP contribution >= 0.6 is 44.3 Å². The van der Waals surface area contributed by atoms with E-state index in [4.69, 9.17) is 81.1 Å². The number of ether oxygens (including phenoxy) is 5. The number of rotatable bonds is 19. The van der Waals surface area contributed by atoms with Crippen molar-refractivity contribution in [2.45, 2.75) is 87.5 Å². The number of nitrogen functional groups attached to an aromatic ring is 1. The Hall–Kier alpha value is -12.1. The molecule has 13 rings (SSSR count). The van der Waals surface area contributed by atoms with Gasteiger partial charge in [0.2, 0.25) is 0 Å². The van der Waals surface area contributed by atoms with Crippen molar-refractivity contribution < 1.29 is 125 Å². The van der Waals surface area contributed by atoms with E-state index in [1.165, 1.54) is 52.6 Å². The zero-order valence-electron chi connectivity index (χ0n) is 74.7. The summed E-state index contributed by atoms with van der Waals surface area (Å²) in [5.74, 6) is -2.87. The maximum atomic E-state index is 12.7. The molecule has 0 saturated heterocycles. The minimum Gasteiger partial charge on any atom is -0.870 e. The van der Waals surface area contributed by atoms with Crippen LogP contribution in [0.1, 0.15) is 111 Å². The van der Waals surface area contributed by atoms with Gasteiger partial charge in [0, 0.05) is 43.2 Å². The normalized spacial score (nSPS) is 10.7. The van der Waals surface area contributed by atoms with Crippen molar-refractivity contribution in [2.24, 2.45) is 5.73 Å². The summed E-state index contributed by atoms with van der Waals surface area (Å²) in [7, 11) is 7.14. The molecule has 8 N–H and O–H groups in total. The molecule has 42 heteroatoms. The Labute approximate surface area is 808 Å². The molecule has 13 aromatic rings. The Kier molecular flexibility index (Phi) is 47.7. The van der Waals surface area contributed by atoms with Crippen LogP contribution in [-0.4, -0.2) is 179 Å². The molecule has 0 aliphatic heterocycles. The molecule has 2 amide bonds. The van der Waals surface area contributed by atoms with Crippen LogP contribution < -0.4 is 70.5 Å². The number of nitrogens with zero attached hydrogens (tertiary/aromatic N) is 15. The second kappa shape index (κ2) is 55.2. The van der Waals surface area contributed by atoms with E-state index in [-0.39, 0.29) is 94.7 Å². The van der Waals surface area contributed by atoms with E-state index in [2.05, 4.69) is 61.4 Å². The second-order valence-electron chi connectivity index (χ2n) is 28.2. The number of aromatic nitrogens is 12. The SMILES string of the molecule is COC(=O)c1cc(-c2ccc(C)cc2)cc(-n2nnnc2C)c1.COC(=O)c1cc(N)cc(-c2ccc(C)cc2)c1.COC(=O)c1cc(NC(=O)C(F)(F)F)cc(-c2ccc(C)cc2)c1.COCC(C)N.COCC(C)NC(=O)c1cc(-c2ccc(C)cc2)cc(-n2nnnc2C)c1.Cc1ccc(-c2cc(C(=O)O)cc(-n3nnnc3C)c2)cc1.Cl[Si](Cl)(Cl)Cl.[Li+].[N-]=[N+]=[N-].[Na+].[OH-]. The van der Waals surface area contributed by atoms with E-state index in [1.807, 2.05) is 195 Å². The van der Waals surface area contributed by atoms with Crippen LogP contribution in [-0.2, 0) is 28.5 Å². The van der Waals surface area contributed by atoms with Crippen molar-refractivity contribution >= 4 is 96.7 Å². The van der Waals surface area contributed by atoms with Crippen LogP contribution in [0.5, 0.6) is 0 Å². The van der Waals surface area contributed by atoms with Crippen LogP contribution in [0.4, 0.5) is 24.5 Å². The molecule has 2 unspecified atom stereocenters. The summed E-state index contributed by atoms with van der Waals surface area (Å²) in [6.07, 6.45) is -5.02.